The molecule has 1 aliphatic rings. The van der Waals surface area contributed by atoms with Crippen LogP contribution in [0.4, 0.5) is 4.39 Å². The van der Waals surface area contributed by atoms with Crippen molar-refractivity contribution in [3.8, 4) is 23.0 Å². The minimum absolute atomic E-state index is 0.264. The molecule has 0 fully saturated rings. The molecule has 0 bridgehead atoms. The van der Waals surface area contributed by atoms with Crippen LogP contribution >= 0.6 is 0 Å². The lowest BCUT2D eigenvalue weighted by molar-refractivity contribution is 0.174. The van der Waals surface area contributed by atoms with Gasteiger partial charge in [0.2, 0.25) is 18.6 Å². The van der Waals surface area contributed by atoms with Gasteiger partial charge in [-0.2, -0.15) is 0 Å². The van der Waals surface area contributed by atoms with E-state index in [1.807, 2.05) is 18.2 Å². The fraction of sp³-hybridized carbons (Fsp3) is 0.176. The van der Waals surface area contributed by atoms with Crippen molar-refractivity contribution in [2.24, 2.45) is 0 Å². The maximum absolute atomic E-state index is 12.9. The van der Waals surface area contributed by atoms with Crippen LogP contribution in [0.5, 0.6) is 11.5 Å². The SMILES string of the molecule is Fc1ccc(-c2nnc(CNCc3ccc4c(c3)OCO4)o2)cc1. The molecule has 4 rings (SSSR count). The number of aromatic nitrogens is 2. The Morgan fingerprint density at radius 1 is 0.958 bits per heavy atom. The highest BCUT2D eigenvalue weighted by Crippen LogP contribution is 2.32. The normalized spacial score (nSPS) is 12.5. The van der Waals surface area contributed by atoms with Gasteiger partial charge < -0.3 is 19.2 Å². The first-order valence-electron chi connectivity index (χ1n) is 7.45. The molecule has 7 heteroatoms. The number of nitrogens with zero attached hydrogens (tertiary/aromatic N) is 2. The number of nitrogens with one attached hydrogen (secondary N) is 1. The Kier molecular flexibility index (Phi) is 3.84. The number of rotatable bonds is 5. The number of ether oxygens (including phenoxy) is 2. The van der Waals surface area contributed by atoms with Gasteiger partial charge in [-0.1, -0.05) is 6.07 Å². The van der Waals surface area contributed by atoms with E-state index in [-0.39, 0.29) is 12.6 Å². The molecule has 24 heavy (non-hydrogen) atoms. The average molecular weight is 327 g/mol. The molecule has 0 amide bonds. The van der Waals surface area contributed by atoms with Crippen LogP contribution in [0.25, 0.3) is 11.5 Å². The third-order valence-electron chi connectivity index (χ3n) is 3.60. The molecule has 122 valence electrons. The van der Waals surface area contributed by atoms with Gasteiger partial charge in [0.05, 0.1) is 6.54 Å². The molecule has 0 atom stereocenters. The van der Waals surface area contributed by atoms with E-state index in [9.17, 15) is 4.39 Å². The second-order valence-corrected chi connectivity index (χ2v) is 5.30. The van der Waals surface area contributed by atoms with Gasteiger partial charge in [-0.25, -0.2) is 4.39 Å². The minimum atomic E-state index is -0.302. The highest BCUT2D eigenvalue weighted by atomic mass is 19.1. The highest BCUT2D eigenvalue weighted by molar-refractivity contribution is 5.51. The summed E-state index contributed by atoms with van der Waals surface area (Å²) in [5.74, 6) is 2.05. The van der Waals surface area contributed by atoms with Gasteiger partial charge in [0.25, 0.3) is 0 Å². The van der Waals surface area contributed by atoms with Crippen LogP contribution in [-0.2, 0) is 13.1 Å². The zero-order valence-electron chi connectivity index (χ0n) is 12.7. The van der Waals surface area contributed by atoms with Crippen molar-refractivity contribution in [2.75, 3.05) is 6.79 Å². The van der Waals surface area contributed by atoms with Crippen LogP contribution < -0.4 is 14.8 Å². The van der Waals surface area contributed by atoms with Crippen molar-refractivity contribution in [3.63, 3.8) is 0 Å². The third kappa shape index (κ3) is 3.07. The smallest absolute Gasteiger partial charge is 0.247 e. The highest BCUT2D eigenvalue weighted by Gasteiger charge is 2.13. The summed E-state index contributed by atoms with van der Waals surface area (Å²) in [5, 5.41) is 11.2. The Morgan fingerprint density at radius 2 is 1.79 bits per heavy atom. The van der Waals surface area contributed by atoms with Gasteiger partial charge in [-0.15, -0.1) is 10.2 Å². The van der Waals surface area contributed by atoms with Crippen LogP contribution in [0.15, 0.2) is 46.9 Å². The van der Waals surface area contributed by atoms with Crippen LogP contribution in [-0.4, -0.2) is 17.0 Å². The molecule has 6 nitrogen and oxygen atoms in total. The lowest BCUT2D eigenvalue weighted by Crippen LogP contribution is -2.12. The van der Waals surface area contributed by atoms with E-state index in [1.165, 1.54) is 12.1 Å². The quantitative estimate of drug-likeness (QED) is 0.777. The minimum Gasteiger partial charge on any atom is -0.454 e. The summed E-state index contributed by atoms with van der Waals surface area (Å²) in [5.41, 5.74) is 1.75. The molecule has 2 aromatic carbocycles. The van der Waals surface area contributed by atoms with E-state index in [0.717, 1.165) is 17.1 Å². The summed E-state index contributed by atoms with van der Waals surface area (Å²) in [4.78, 5) is 0. The van der Waals surface area contributed by atoms with E-state index >= 15 is 0 Å². The van der Waals surface area contributed by atoms with Crippen molar-refractivity contribution in [1.29, 1.82) is 0 Å². The summed E-state index contributed by atoms with van der Waals surface area (Å²) in [6.07, 6.45) is 0. The number of halogens is 1. The van der Waals surface area contributed by atoms with Crippen LogP contribution in [0.2, 0.25) is 0 Å². The van der Waals surface area contributed by atoms with Gasteiger partial charge in [-0.05, 0) is 42.0 Å². The summed E-state index contributed by atoms with van der Waals surface area (Å²) in [6, 6.07) is 11.7. The summed E-state index contributed by atoms with van der Waals surface area (Å²) in [7, 11) is 0. The fourth-order valence-electron chi connectivity index (χ4n) is 2.40. The topological polar surface area (TPSA) is 69.4 Å². The molecule has 0 radical (unpaired) electrons. The molecule has 3 aromatic rings. The number of hydrogen-bond donors (Lipinski definition) is 1. The Morgan fingerprint density at radius 3 is 2.67 bits per heavy atom. The van der Waals surface area contributed by atoms with E-state index < -0.39 is 0 Å². The van der Waals surface area contributed by atoms with E-state index in [0.29, 0.717) is 30.4 Å². The zero-order chi connectivity index (χ0) is 16.4. The second-order valence-electron chi connectivity index (χ2n) is 5.30. The van der Waals surface area contributed by atoms with E-state index in [1.54, 1.807) is 12.1 Å². The van der Waals surface area contributed by atoms with Crippen molar-refractivity contribution in [1.82, 2.24) is 15.5 Å². The van der Waals surface area contributed by atoms with E-state index in [4.69, 9.17) is 13.9 Å². The monoisotopic (exact) mass is 327 g/mol. The van der Waals surface area contributed by atoms with Crippen molar-refractivity contribution in [3.05, 3.63) is 59.7 Å². The second kappa shape index (κ2) is 6.29. The van der Waals surface area contributed by atoms with Crippen LogP contribution in [0.1, 0.15) is 11.5 Å². The third-order valence-corrected chi connectivity index (χ3v) is 3.60. The Balaban J connectivity index is 1.36. The molecule has 0 aliphatic carbocycles. The molecule has 0 saturated heterocycles. The molecule has 0 spiro atoms. The first-order valence-corrected chi connectivity index (χ1v) is 7.45. The van der Waals surface area contributed by atoms with Crippen molar-refractivity contribution >= 4 is 0 Å². The van der Waals surface area contributed by atoms with Gasteiger partial charge in [-0.3, -0.25) is 0 Å². The predicted octanol–water partition coefficient (Wildman–Crippen LogP) is 2.89. The predicted molar refractivity (Wildman–Crippen MR) is 82.8 cm³/mol. The molecular formula is C17H14FN3O3. The first kappa shape index (κ1) is 14.6. The average Bonchev–Trinajstić information content (AvgIpc) is 3.24. The van der Waals surface area contributed by atoms with Gasteiger partial charge in [0, 0.05) is 12.1 Å². The molecule has 1 aromatic heterocycles. The molecule has 1 aliphatic heterocycles. The summed E-state index contributed by atoms with van der Waals surface area (Å²) in [6.45, 7) is 1.33. The standard InChI is InChI=1S/C17H14FN3O3/c18-13-4-2-12(3-5-13)17-21-20-16(24-17)9-19-8-11-1-6-14-15(7-11)23-10-22-14/h1-7,19H,8-10H2. The molecule has 0 saturated carbocycles. The first-order chi connectivity index (χ1) is 11.8. The summed E-state index contributed by atoms with van der Waals surface area (Å²) < 4.78 is 29.1. The van der Waals surface area contributed by atoms with Crippen LogP contribution in [0, 0.1) is 5.82 Å². The van der Waals surface area contributed by atoms with Gasteiger partial charge in [0.15, 0.2) is 11.5 Å². The Hall–Kier alpha value is -2.93. The zero-order valence-corrected chi connectivity index (χ0v) is 12.7. The van der Waals surface area contributed by atoms with E-state index in [2.05, 4.69) is 15.5 Å². The largest absolute Gasteiger partial charge is 0.454 e. The van der Waals surface area contributed by atoms with Crippen molar-refractivity contribution in [2.45, 2.75) is 13.1 Å². The fourth-order valence-corrected chi connectivity index (χ4v) is 2.40. The Bertz CT molecular complexity index is 849. The molecule has 0 unspecified atom stereocenters. The molecule has 1 N–H and O–H groups in total. The van der Waals surface area contributed by atoms with Gasteiger partial charge in [0.1, 0.15) is 5.82 Å². The van der Waals surface area contributed by atoms with Crippen molar-refractivity contribution < 1.29 is 18.3 Å². The number of benzene rings is 2. The summed E-state index contributed by atoms with van der Waals surface area (Å²) >= 11 is 0. The molecular weight excluding hydrogens is 313 g/mol. The van der Waals surface area contributed by atoms with Gasteiger partial charge >= 0.3 is 0 Å². The lowest BCUT2D eigenvalue weighted by Gasteiger charge is -2.03. The number of hydrogen-bond acceptors (Lipinski definition) is 6. The Labute approximate surface area is 137 Å². The maximum Gasteiger partial charge on any atom is 0.247 e. The van der Waals surface area contributed by atoms with Crippen LogP contribution in [0.3, 0.4) is 0 Å². The number of fused-ring (bicyclic) bond motifs is 1. The maximum atomic E-state index is 12.9. The lowest BCUT2D eigenvalue weighted by atomic mass is 10.2. The molecule has 2 heterocycles.